The molecular formula is C37H30F3N5O7. The first kappa shape index (κ1) is 35.5. The van der Waals surface area contributed by atoms with Gasteiger partial charge in [-0.05, 0) is 49.2 Å². The molecule has 12 nitrogen and oxygen atoms in total. The van der Waals surface area contributed by atoms with Gasteiger partial charge in [0.2, 0.25) is 12.0 Å². The molecule has 4 aromatic carbocycles. The highest BCUT2D eigenvalue weighted by molar-refractivity contribution is 5.97. The topological polar surface area (TPSA) is 146 Å². The van der Waals surface area contributed by atoms with Crippen molar-refractivity contribution in [1.29, 1.82) is 0 Å². The van der Waals surface area contributed by atoms with E-state index in [9.17, 15) is 32.9 Å². The molecule has 6 rings (SSSR count). The molecule has 2 unspecified atom stereocenters. The van der Waals surface area contributed by atoms with Crippen LogP contribution in [0.1, 0.15) is 33.6 Å². The molecule has 0 saturated carbocycles. The van der Waals surface area contributed by atoms with E-state index in [4.69, 9.17) is 9.47 Å². The number of carbonyl (C=O) groups is 2. The average molecular weight is 714 g/mol. The second-order valence-corrected chi connectivity index (χ2v) is 11.9. The summed E-state index contributed by atoms with van der Waals surface area (Å²) >= 11 is 0. The predicted octanol–water partition coefficient (Wildman–Crippen LogP) is 5.65. The van der Waals surface area contributed by atoms with E-state index < -0.39 is 64.7 Å². The minimum absolute atomic E-state index is 0.0508. The summed E-state index contributed by atoms with van der Waals surface area (Å²) in [5.41, 5.74) is 0.107. The van der Waals surface area contributed by atoms with E-state index in [1.54, 1.807) is 74.5 Å². The monoisotopic (exact) mass is 713 g/mol. The van der Waals surface area contributed by atoms with Gasteiger partial charge in [0.1, 0.15) is 35.3 Å². The number of rotatable bonds is 11. The summed E-state index contributed by atoms with van der Waals surface area (Å²) in [6, 6.07) is 23.5. The number of aromatic nitrogens is 2. The van der Waals surface area contributed by atoms with Crippen molar-refractivity contribution >= 4 is 17.6 Å². The van der Waals surface area contributed by atoms with E-state index in [1.807, 2.05) is 0 Å². The van der Waals surface area contributed by atoms with Crippen molar-refractivity contribution in [3.63, 3.8) is 0 Å². The van der Waals surface area contributed by atoms with Gasteiger partial charge in [-0.1, -0.05) is 60.7 Å². The minimum Gasteiger partial charge on any atom is -0.445 e. The van der Waals surface area contributed by atoms with Crippen molar-refractivity contribution in [1.82, 2.24) is 15.3 Å². The zero-order valence-corrected chi connectivity index (χ0v) is 27.7. The van der Waals surface area contributed by atoms with Crippen LogP contribution in [0.5, 0.6) is 11.8 Å². The number of fused-ring (bicyclic) bond motifs is 1. The van der Waals surface area contributed by atoms with Crippen LogP contribution in [0.4, 0.5) is 18.9 Å². The number of halogens is 3. The van der Waals surface area contributed by atoms with Gasteiger partial charge >= 0.3 is 12.0 Å². The van der Waals surface area contributed by atoms with Crippen molar-refractivity contribution < 1.29 is 42.2 Å². The van der Waals surface area contributed by atoms with Crippen LogP contribution in [0, 0.1) is 41.4 Å². The first-order valence-corrected chi connectivity index (χ1v) is 15.9. The zero-order valence-electron chi connectivity index (χ0n) is 27.7. The Balaban J connectivity index is 1.51. The van der Waals surface area contributed by atoms with Crippen LogP contribution >= 0.6 is 0 Å². The van der Waals surface area contributed by atoms with Gasteiger partial charge in [0.15, 0.2) is 0 Å². The maximum atomic E-state index is 15.0. The van der Waals surface area contributed by atoms with E-state index in [0.29, 0.717) is 34.6 Å². The van der Waals surface area contributed by atoms with Crippen molar-refractivity contribution in [3.8, 4) is 11.8 Å². The third-order valence-corrected chi connectivity index (χ3v) is 8.36. The number of ether oxygens (including phenoxy) is 2. The molecule has 1 aliphatic heterocycles. The van der Waals surface area contributed by atoms with Crippen LogP contribution in [0.15, 0.2) is 97.1 Å². The average Bonchev–Trinajstić information content (AvgIpc) is 3.22. The lowest BCUT2D eigenvalue weighted by Crippen LogP contribution is -2.59. The first-order chi connectivity index (χ1) is 24.9. The Labute approximate surface area is 294 Å². The lowest BCUT2D eigenvalue weighted by Gasteiger charge is -2.40. The molecule has 1 amide bonds. The number of hydrogen-bond acceptors (Lipinski definition) is 10. The summed E-state index contributed by atoms with van der Waals surface area (Å²) in [7, 11) is 0. The maximum Gasteiger partial charge on any atom is 0.355 e. The standard InChI is InChI=1S/C37H30F3N5O7/c1-22-16-23(2)43-36(42-22)52-34(35(47)51-27-14-12-24(13-15-27)21-50-45(48)49)37(25-8-4-3-5-9-25)29-10-6-7-11-32(29)44(33(46)19-41-37)20-28-30(39)17-26(38)18-31(28)40/h3-18,34,41H,19-21H2,1-2H3. The third-order valence-electron chi connectivity index (χ3n) is 8.36. The molecule has 5 aromatic rings. The van der Waals surface area contributed by atoms with Gasteiger partial charge in [-0.3, -0.25) is 10.1 Å². The lowest BCUT2D eigenvalue weighted by atomic mass is 9.77. The largest absolute Gasteiger partial charge is 0.445 e. The van der Waals surface area contributed by atoms with Gasteiger partial charge < -0.3 is 19.2 Å². The Morgan fingerprint density at radius 1 is 0.942 bits per heavy atom. The molecule has 0 aliphatic carbocycles. The SMILES string of the molecule is Cc1cc(C)nc(OC(C(=O)Oc2ccc(CO[N+](=O)[O-])cc2)C2(c3ccccc3)NCC(=O)N(Cc3c(F)cc(F)cc3F)c3ccccc32)n1. The van der Waals surface area contributed by atoms with Crippen LogP contribution in [-0.2, 0) is 33.1 Å². The molecule has 2 atom stereocenters. The number of nitrogens with one attached hydrogen (secondary N) is 1. The number of amides is 1. The molecule has 0 radical (unpaired) electrons. The van der Waals surface area contributed by atoms with Gasteiger partial charge in [-0.15, -0.1) is 10.1 Å². The van der Waals surface area contributed by atoms with Gasteiger partial charge in [0, 0.05) is 40.3 Å². The van der Waals surface area contributed by atoms with Gasteiger partial charge in [0.25, 0.3) is 5.09 Å². The van der Waals surface area contributed by atoms with E-state index in [0.717, 1.165) is 4.90 Å². The van der Waals surface area contributed by atoms with Crippen molar-refractivity contribution in [2.45, 2.75) is 38.6 Å². The van der Waals surface area contributed by atoms with E-state index in [-0.39, 0.29) is 29.6 Å². The summed E-state index contributed by atoms with van der Waals surface area (Å²) < 4.78 is 56.0. The molecule has 15 heteroatoms. The summed E-state index contributed by atoms with van der Waals surface area (Å²) in [5.74, 6) is -5.01. The number of benzene rings is 4. The number of para-hydroxylation sites is 1. The molecule has 0 saturated heterocycles. The fraction of sp³-hybridized carbons (Fsp3) is 0.189. The fourth-order valence-electron chi connectivity index (χ4n) is 6.10. The van der Waals surface area contributed by atoms with Crippen LogP contribution < -0.4 is 19.7 Å². The minimum atomic E-state index is -1.75. The van der Waals surface area contributed by atoms with Crippen molar-refractivity contribution in [2.75, 3.05) is 11.4 Å². The van der Waals surface area contributed by atoms with E-state index in [2.05, 4.69) is 20.1 Å². The molecular weight excluding hydrogens is 683 g/mol. The normalized spacial score (nSPS) is 16.0. The number of carbonyl (C=O) groups excluding carboxylic acids is 2. The van der Waals surface area contributed by atoms with Crippen LogP contribution in [0.2, 0.25) is 0 Å². The first-order valence-electron chi connectivity index (χ1n) is 15.9. The smallest absolute Gasteiger partial charge is 0.355 e. The molecule has 2 heterocycles. The molecule has 0 spiro atoms. The Hall–Kier alpha value is -6.35. The van der Waals surface area contributed by atoms with Crippen molar-refractivity contribution in [3.05, 3.63) is 158 Å². The Kier molecular flexibility index (Phi) is 10.1. The molecule has 1 N–H and O–H groups in total. The summed E-state index contributed by atoms with van der Waals surface area (Å²) in [5, 5.41) is 12.9. The highest BCUT2D eigenvalue weighted by Gasteiger charge is 2.53. The molecule has 52 heavy (non-hydrogen) atoms. The van der Waals surface area contributed by atoms with Crippen LogP contribution in [0.25, 0.3) is 0 Å². The van der Waals surface area contributed by atoms with Gasteiger partial charge in [0.05, 0.1) is 13.1 Å². The summed E-state index contributed by atoms with van der Waals surface area (Å²) in [4.78, 5) is 53.5. The molecule has 0 fully saturated rings. The highest BCUT2D eigenvalue weighted by atomic mass is 19.1. The number of aryl methyl sites for hydroxylation is 2. The lowest BCUT2D eigenvalue weighted by molar-refractivity contribution is -0.763. The molecule has 266 valence electrons. The second-order valence-electron chi connectivity index (χ2n) is 11.9. The van der Waals surface area contributed by atoms with Gasteiger partial charge in [-0.25, -0.2) is 27.9 Å². The quantitative estimate of drug-likeness (QED) is 0.0789. The predicted molar refractivity (Wildman–Crippen MR) is 179 cm³/mol. The maximum absolute atomic E-state index is 15.0. The van der Waals surface area contributed by atoms with E-state index in [1.165, 1.54) is 24.3 Å². The van der Waals surface area contributed by atoms with Crippen molar-refractivity contribution in [2.24, 2.45) is 0 Å². The molecule has 1 aromatic heterocycles. The number of esters is 1. The summed E-state index contributed by atoms with van der Waals surface area (Å²) in [6.45, 7) is 2.03. The Morgan fingerprint density at radius 3 is 2.23 bits per heavy atom. The second kappa shape index (κ2) is 14.9. The zero-order chi connectivity index (χ0) is 37.0. The third kappa shape index (κ3) is 7.39. The highest BCUT2D eigenvalue weighted by Crippen LogP contribution is 2.43. The summed E-state index contributed by atoms with van der Waals surface area (Å²) in [6.07, 6.45) is -1.68. The number of hydrogen-bond donors (Lipinski definition) is 1. The van der Waals surface area contributed by atoms with Crippen LogP contribution in [-0.4, -0.2) is 39.6 Å². The number of anilines is 1. The fourth-order valence-corrected chi connectivity index (χ4v) is 6.10. The van der Waals surface area contributed by atoms with E-state index >= 15 is 0 Å². The molecule has 1 aliphatic rings. The Morgan fingerprint density at radius 2 is 1.58 bits per heavy atom. The van der Waals surface area contributed by atoms with Gasteiger partial charge in [-0.2, -0.15) is 0 Å². The molecule has 0 bridgehead atoms. The van der Waals surface area contributed by atoms with Crippen LogP contribution in [0.3, 0.4) is 0 Å². The number of nitrogens with zero attached hydrogens (tertiary/aromatic N) is 4. The Bertz CT molecular complexity index is 2100.